The van der Waals surface area contributed by atoms with Crippen LogP contribution in [0, 0.1) is 18.4 Å². The highest BCUT2D eigenvalue weighted by atomic mass is 32.2. The second-order valence-electron chi connectivity index (χ2n) is 5.51. The Morgan fingerprint density at radius 3 is 2.26 bits per heavy atom. The largest absolute Gasteiger partial charge is 0.240 e. The van der Waals surface area contributed by atoms with Crippen LogP contribution >= 0.6 is 0 Å². The number of sulfonamides is 1. The van der Waals surface area contributed by atoms with E-state index in [9.17, 15) is 8.42 Å². The molecule has 0 saturated heterocycles. The van der Waals surface area contributed by atoms with Crippen molar-refractivity contribution in [1.29, 1.82) is 0 Å². The number of rotatable bonds is 4. The summed E-state index contributed by atoms with van der Waals surface area (Å²) in [5.41, 5.74) is 4.25. The molecule has 0 bridgehead atoms. The van der Waals surface area contributed by atoms with E-state index in [2.05, 4.69) is 35.8 Å². The molecule has 0 atom stereocenters. The third-order valence-electron chi connectivity index (χ3n) is 2.34. The monoisotopic (exact) mass is 295 g/mol. The van der Waals surface area contributed by atoms with Crippen LogP contribution in [0.3, 0.4) is 0 Å². The summed E-state index contributed by atoms with van der Waals surface area (Å²) in [5.74, 6) is 3.04. The lowest BCUT2D eigenvalue weighted by molar-refractivity contribution is 0.582. The molecule has 1 rings (SSSR count). The molecule has 0 aliphatic heterocycles. The van der Waals surface area contributed by atoms with Crippen LogP contribution in [0.15, 0.2) is 29.2 Å². The summed E-state index contributed by atoms with van der Waals surface area (Å²) in [7, 11) is -4.76. The predicted octanol–water partition coefficient (Wildman–Crippen LogP) is 2.54. The van der Waals surface area contributed by atoms with Gasteiger partial charge < -0.3 is 0 Å². The van der Waals surface area contributed by atoms with Crippen LogP contribution in [0.25, 0.3) is 0 Å². The van der Waals surface area contributed by atoms with Crippen molar-refractivity contribution in [3.05, 3.63) is 29.8 Å². The molecule has 19 heavy (non-hydrogen) atoms. The van der Waals surface area contributed by atoms with Crippen LogP contribution in [-0.2, 0) is 10.0 Å². The fraction of sp³-hybridized carbons (Fsp3) is 0.429. The van der Waals surface area contributed by atoms with Crippen molar-refractivity contribution in [2.24, 2.45) is 0 Å². The molecular weight excluding hydrogens is 274 g/mol. The van der Waals surface area contributed by atoms with Crippen molar-refractivity contribution in [3.8, 4) is 11.5 Å². The fourth-order valence-electron chi connectivity index (χ4n) is 1.38. The van der Waals surface area contributed by atoms with E-state index in [1.165, 1.54) is 0 Å². The first kappa shape index (κ1) is 16.0. The summed E-state index contributed by atoms with van der Waals surface area (Å²) >= 11 is 0. The van der Waals surface area contributed by atoms with Crippen LogP contribution in [0.2, 0.25) is 19.6 Å². The first-order valence-corrected chi connectivity index (χ1v) is 11.3. The highest BCUT2D eigenvalue weighted by Gasteiger charge is 2.12. The first-order chi connectivity index (χ1) is 8.71. The van der Waals surface area contributed by atoms with Gasteiger partial charge in [-0.15, -0.1) is 11.5 Å². The Kier molecular flexibility index (Phi) is 5.35. The van der Waals surface area contributed by atoms with Gasteiger partial charge in [-0.1, -0.05) is 37.3 Å². The predicted molar refractivity (Wildman–Crippen MR) is 82.1 cm³/mol. The zero-order valence-electron chi connectivity index (χ0n) is 11.9. The summed E-state index contributed by atoms with van der Waals surface area (Å²) in [6.45, 7) is 8.77. The molecule has 1 aromatic carbocycles. The highest BCUT2D eigenvalue weighted by molar-refractivity contribution is 7.89. The Balaban J connectivity index is 2.57. The minimum Gasteiger partial charge on any atom is -0.210 e. The zero-order valence-corrected chi connectivity index (χ0v) is 13.8. The summed E-state index contributed by atoms with van der Waals surface area (Å²) < 4.78 is 26.5. The van der Waals surface area contributed by atoms with Crippen LogP contribution in [0.4, 0.5) is 0 Å². The molecule has 1 aromatic rings. The molecule has 0 saturated carbocycles. The van der Waals surface area contributed by atoms with Crippen molar-refractivity contribution in [3.63, 3.8) is 0 Å². The molecule has 104 valence electrons. The fourth-order valence-corrected chi connectivity index (χ4v) is 3.06. The Bertz CT molecular complexity index is 575. The second kappa shape index (κ2) is 6.37. The van der Waals surface area contributed by atoms with E-state index in [0.29, 0.717) is 17.9 Å². The minimum absolute atomic E-state index is 0.302. The Morgan fingerprint density at radius 2 is 1.74 bits per heavy atom. The molecule has 0 radical (unpaired) electrons. The summed E-state index contributed by atoms with van der Waals surface area (Å²) in [5, 5.41) is 0. The molecule has 0 aliphatic rings. The smallest absolute Gasteiger partial charge is 0.210 e. The molecule has 0 spiro atoms. The standard InChI is InChI=1S/C14H21NO2SSi/c1-13-7-9-14(10-8-13)18(16,17)15-11-5-6-12-19(2,3)4/h7-10,15H,5,11H2,1-4H3. The minimum atomic E-state index is -3.40. The van der Waals surface area contributed by atoms with Crippen molar-refractivity contribution < 1.29 is 8.42 Å². The summed E-state index contributed by atoms with van der Waals surface area (Å²) in [6, 6.07) is 6.82. The summed E-state index contributed by atoms with van der Waals surface area (Å²) in [6.07, 6.45) is 0.551. The van der Waals surface area contributed by atoms with Gasteiger partial charge in [0.25, 0.3) is 0 Å². The van der Waals surface area contributed by atoms with Crippen molar-refractivity contribution in [1.82, 2.24) is 4.72 Å². The molecule has 5 heteroatoms. The lowest BCUT2D eigenvalue weighted by Crippen LogP contribution is -2.24. The molecule has 0 unspecified atom stereocenters. The Hall–Kier alpha value is -1.09. The van der Waals surface area contributed by atoms with E-state index in [0.717, 1.165) is 5.56 Å². The third kappa shape index (κ3) is 6.06. The van der Waals surface area contributed by atoms with Gasteiger partial charge in [0.15, 0.2) is 0 Å². The van der Waals surface area contributed by atoms with E-state index in [4.69, 9.17) is 0 Å². The van der Waals surface area contributed by atoms with E-state index in [1.54, 1.807) is 24.3 Å². The lowest BCUT2D eigenvalue weighted by Gasteiger charge is -2.06. The topological polar surface area (TPSA) is 46.2 Å². The maximum Gasteiger partial charge on any atom is 0.240 e. The number of hydrogen-bond acceptors (Lipinski definition) is 2. The van der Waals surface area contributed by atoms with E-state index >= 15 is 0 Å². The van der Waals surface area contributed by atoms with Gasteiger partial charge in [0.2, 0.25) is 10.0 Å². The summed E-state index contributed by atoms with van der Waals surface area (Å²) in [4.78, 5) is 0.302. The molecule has 0 aromatic heterocycles. The van der Waals surface area contributed by atoms with Crippen LogP contribution in [0.5, 0.6) is 0 Å². The van der Waals surface area contributed by atoms with Gasteiger partial charge in [-0.25, -0.2) is 13.1 Å². The molecule has 1 N–H and O–H groups in total. The number of hydrogen-bond donors (Lipinski definition) is 1. The third-order valence-corrected chi connectivity index (χ3v) is 4.74. The number of aryl methyl sites for hydroxylation is 1. The van der Waals surface area contributed by atoms with Gasteiger partial charge in [0.05, 0.1) is 4.90 Å². The zero-order chi connectivity index (χ0) is 14.5. The Labute approximate surface area is 117 Å². The van der Waals surface area contributed by atoms with Gasteiger partial charge in [-0.3, -0.25) is 0 Å². The average molecular weight is 295 g/mol. The van der Waals surface area contributed by atoms with E-state index in [1.807, 2.05) is 6.92 Å². The maximum absolute atomic E-state index is 12.0. The molecule has 0 amide bonds. The molecule has 0 aliphatic carbocycles. The Morgan fingerprint density at radius 1 is 1.16 bits per heavy atom. The average Bonchev–Trinajstić information content (AvgIpc) is 2.27. The molecule has 3 nitrogen and oxygen atoms in total. The van der Waals surface area contributed by atoms with Gasteiger partial charge >= 0.3 is 0 Å². The molecule has 0 heterocycles. The normalized spacial score (nSPS) is 11.8. The maximum atomic E-state index is 12.0. The van der Waals surface area contributed by atoms with Crippen LogP contribution in [0.1, 0.15) is 12.0 Å². The van der Waals surface area contributed by atoms with Crippen LogP contribution in [-0.4, -0.2) is 23.0 Å². The lowest BCUT2D eigenvalue weighted by atomic mass is 10.2. The molecule has 0 fully saturated rings. The van der Waals surface area contributed by atoms with Crippen LogP contribution < -0.4 is 4.72 Å². The van der Waals surface area contributed by atoms with Crippen molar-refractivity contribution in [2.45, 2.75) is 37.9 Å². The van der Waals surface area contributed by atoms with Gasteiger partial charge in [0, 0.05) is 13.0 Å². The SMILES string of the molecule is Cc1ccc(S(=O)(=O)NCCC#C[Si](C)(C)C)cc1. The number of nitrogens with one attached hydrogen (secondary N) is 1. The van der Waals surface area contributed by atoms with Gasteiger partial charge in [0.1, 0.15) is 8.07 Å². The highest BCUT2D eigenvalue weighted by Crippen LogP contribution is 2.09. The van der Waals surface area contributed by atoms with Crippen molar-refractivity contribution in [2.75, 3.05) is 6.54 Å². The molecular formula is C14H21NO2SSi. The quantitative estimate of drug-likeness (QED) is 0.527. The second-order valence-corrected chi connectivity index (χ2v) is 12.0. The van der Waals surface area contributed by atoms with Crippen molar-refractivity contribution >= 4 is 18.1 Å². The van der Waals surface area contributed by atoms with Gasteiger partial charge in [-0.05, 0) is 19.1 Å². The number of benzene rings is 1. The first-order valence-electron chi connectivity index (χ1n) is 6.27. The van der Waals surface area contributed by atoms with E-state index < -0.39 is 18.1 Å². The van der Waals surface area contributed by atoms with Gasteiger partial charge in [-0.2, -0.15) is 0 Å². The van der Waals surface area contributed by atoms with E-state index in [-0.39, 0.29) is 0 Å².